The molecule has 31 heavy (non-hydrogen) atoms. The molecule has 1 atom stereocenters. The summed E-state index contributed by atoms with van der Waals surface area (Å²) < 4.78 is 5.17. The van der Waals surface area contributed by atoms with E-state index in [0.717, 1.165) is 27.9 Å². The third kappa shape index (κ3) is 4.63. The van der Waals surface area contributed by atoms with E-state index in [0.29, 0.717) is 23.1 Å². The van der Waals surface area contributed by atoms with Gasteiger partial charge in [-0.15, -0.1) is 0 Å². The first-order valence-corrected chi connectivity index (χ1v) is 9.87. The smallest absolute Gasteiger partial charge is 0.251 e. The van der Waals surface area contributed by atoms with Crippen LogP contribution in [-0.4, -0.2) is 31.0 Å². The zero-order valence-electron chi connectivity index (χ0n) is 17.7. The van der Waals surface area contributed by atoms with Crippen molar-refractivity contribution in [3.63, 3.8) is 0 Å². The number of hydrogen-bond donors (Lipinski definition) is 1. The van der Waals surface area contributed by atoms with Gasteiger partial charge < -0.3 is 9.84 Å². The highest BCUT2D eigenvalue weighted by molar-refractivity contribution is 5.97. The summed E-state index contributed by atoms with van der Waals surface area (Å²) in [6, 6.07) is 9.10. The van der Waals surface area contributed by atoms with Crippen LogP contribution in [0.4, 0.5) is 0 Å². The molecule has 8 heteroatoms. The molecule has 0 saturated carbocycles. The molecule has 4 rings (SSSR count). The van der Waals surface area contributed by atoms with Gasteiger partial charge in [0.1, 0.15) is 11.9 Å². The average molecular weight is 414 g/mol. The SMILES string of the molecule is Cc1ccc(-c2cc(C(=O)NC(C)c3nc(C)no3)cc(-c3cnc(C)nc3)c2)nc1. The third-order valence-corrected chi connectivity index (χ3v) is 4.78. The van der Waals surface area contributed by atoms with Crippen LogP contribution in [0.5, 0.6) is 0 Å². The van der Waals surface area contributed by atoms with Crippen LogP contribution < -0.4 is 5.32 Å². The molecule has 0 aliphatic rings. The van der Waals surface area contributed by atoms with Crippen molar-refractivity contribution >= 4 is 5.91 Å². The fraction of sp³-hybridized carbons (Fsp3) is 0.217. The van der Waals surface area contributed by atoms with Crippen LogP contribution >= 0.6 is 0 Å². The predicted molar refractivity (Wildman–Crippen MR) is 115 cm³/mol. The first-order valence-electron chi connectivity index (χ1n) is 9.87. The van der Waals surface area contributed by atoms with Gasteiger partial charge >= 0.3 is 0 Å². The van der Waals surface area contributed by atoms with Crippen molar-refractivity contribution in [2.24, 2.45) is 0 Å². The number of hydrogen-bond acceptors (Lipinski definition) is 7. The molecule has 1 N–H and O–H groups in total. The maximum absolute atomic E-state index is 13.1. The molecule has 3 aromatic heterocycles. The normalized spacial score (nSPS) is 11.9. The van der Waals surface area contributed by atoms with Gasteiger partial charge in [0.15, 0.2) is 5.82 Å². The first-order chi connectivity index (χ1) is 14.9. The van der Waals surface area contributed by atoms with Gasteiger partial charge in [-0.2, -0.15) is 4.98 Å². The monoisotopic (exact) mass is 414 g/mol. The number of aromatic nitrogens is 5. The second-order valence-corrected chi connectivity index (χ2v) is 7.41. The van der Waals surface area contributed by atoms with Crippen LogP contribution in [0.3, 0.4) is 0 Å². The Morgan fingerprint density at radius 3 is 2.29 bits per heavy atom. The van der Waals surface area contributed by atoms with Crippen molar-refractivity contribution in [2.75, 3.05) is 0 Å². The second-order valence-electron chi connectivity index (χ2n) is 7.41. The molecule has 0 spiro atoms. The lowest BCUT2D eigenvalue weighted by atomic mass is 9.99. The van der Waals surface area contributed by atoms with Gasteiger partial charge in [-0.3, -0.25) is 9.78 Å². The van der Waals surface area contributed by atoms with E-state index >= 15 is 0 Å². The van der Waals surface area contributed by atoms with Crippen molar-refractivity contribution < 1.29 is 9.32 Å². The number of benzene rings is 1. The Hall–Kier alpha value is -3.94. The Balaban J connectivity index is 1.72. The number of aryl methyl sites for hydroxylation is 3. The fourth-order valence-corrected chi connectivity index (χ4v) is 3.08. The van der Waals surface area contributed by atoms with Gasteiger partial charge in [0, 0.05) is 35.3 Å². The largest absolute Gasteiger partial charge is 0.341 e. The number of carbonyl (C=O) groups is 1. The van der Waals surface area contributed by atoms with Gasteiger partial charge in [-0.1, -0.05) is 11.2 Å². The Morgan fingerprint density at radius 2 is 1.65 bits per heavy atom. The molecule has 0 saturated heterocycles. The summed E-state index contributed by atoms with van der Waals surface area (Å²) in [6.07, 6.45) is 5.29. The van der Waals surface area contributed by atoms with Crippen LogP contribution in [0.2, 0.25) is 0 Å². The molecular weight excluding hydrogens is 392 g/mol. The fourth-order valence-electron chi connectivity index (χ4n) is 3.08. The average Bonchev–Trinajstić information content (AvgIpc) is 3.21. The number of amides is 1. The number of rotatable bonds is 5. The summed E-state index contributed by atoms with van der Waals surface area (Å²) in [5, 5.41) is 6.69. The first kappa shape index (κ1) is 20.3. The molecule has 4 aromatic rings. The maximum Gasteiger partial charge on any atom is 0.251 e. The van der Waals surface area contributed by atoms with E-state index in [1.165, 1.54) is 0 Å². The van der Waals surface area contributed by atoms with Crippen molar-refractivity contribution in [1.82, 2.24) is 30.4 Å². The van der Waals surface area contributed by atoms with Crippen LogP contribution in [0.1, 0.15) is 46.4 Å². The van der Waals surface area contributed by atoms with Crippen molar-refractivity contribution in [2.45, 2.75) is 33.7 Å². The minimum Gasteiger partial charge on any atom is -0.341 e. The van der Waals surface area contributed by atoms with Gasteiger partial charge in [0.25, 0.3) is 5.91 Å². The second kappa shape index (κ2) is 8.43. The molecule has 3 heterocycles. The van der Waals surface area contributed by atoms with Crippen molar-refractivity contribution in [3.05, 3.63) is 77.6 Å². The summed E-state index contributed by atoms with van der Waals surface area (Å²) in [7, 11) is 0. The van der Waals surface area contributed by atoms with Gasteiger partial charge in [-0.05, 0) is 63.1 Å². The number of pyridine rings is 1. The van der Waals surface area contributed by atoms with E-state index in [1.54, 1.807) is 32.4 Å². The predicted octanol–water partition coefficient (Wildman–Crippen LogP) is 4.00. The molecule has 0 radical (unpaired) electrons. The van der Waals surface area contributed by atoms with Gasteiger partial charge in [0.2, 0.25) is 5.89 Å². The molecule has 1 amide bonds. The summed E-state index contributed by atoms with van der Waals surface area (Å²) in [5.74, 6) is 1.30. The summed E-state index contributed by atoms with van der Waals surface area (Å²) in [4.78, 5) is 30.3. The Bertz CT molecular complexity index is 1150. The van der Waals surface area contributed by atoms with E-state index < -0.39 is 6.04 Å². The zero-order chi connectivity index (χ0) is 22.0. The molecule has 1 unspecified atom stereocenters. The van der Waals surface area contributed by atoms with Crippen LogP contribution in [0.25, 0.3) is 22.4 Å². The number of nitrogens with one attached hydrogen (secondary N) is 1. The van der Waals surface area contributed by atoms with Crippen LogP contribution in [0, 0.1) is 20.8 Å². The molecule has 0 aliphatic heterocycles. The van der Waals surface area contributed by atoms with E-state index in [9.17, 15) is 4.79 Å². The number of nitrogens with zero attached hydrogens (tertiary/aromatic N) is 5. The quantitative estimate of drug-likeness (QED) is 0.526. The van der Waals surface area contributed by atoms with E-state index in [1.807, 2.05) is 44.2 Å². The van der Waals surface area contributed by atoms with Gasteiger partial charge in [-0.25, -0.2) is 9.97 Å². The molecule has 1 aromatic carbocycles. The Morgan fingerprint density at radius 1 is 0.903 bits per heavy atom. The molecule has 0 fully saturated rings. The summed E-state index contributed by atoms with van der Waals surface area (Å²) in [5.41, 5.74) is 4.78. The summed E-state index contributed by atoms with van der Waals surface area (Å²) in [6.45, 7) is 7.34. The highest BCUT2D eigenvalue weighted by atomic mass is 16.5. The Kier molecular flexibility index (Phi) is 5.53. The minimum absolute atomic E-state index is 0.258. The number of carbonyl (C=O) groups excluding carboxylic acids is 1. The highest BCUT2D eigenvalue weighted by Gasteiger charge is 2.18. The van der Waals surface area contributed by atoms with Crippen molar-refractivity contribution in [1.29, 1.82) is 0 Å². The molecule has 8 nitrogen and oxygen atoms in total. The lowest BCUT2D eigenvalue weighted by Gasteiger charge is -2.13. The molecule has 156 valence electrons. The highest BCUT2D eigenvalue weighted by Crippen LogP contribution is 2.27. The zero-order valence-corrected chi connectivity index (χ0v) is 17.7. The minimum atomic E-state index is -0.430. The standard InChI is InChI=1S/C23H22N6O2/c1-13-5-6-21(26-10-13)18-7-17(20-11-24-15(3)25-12-20)8-19(9-18)22(30)27-14(2)23-28-16(4)29-31-23/h5-12,14H,1-4H3,(H,27,30). The van der Waals surface area contributed by atoms with Crippen molar-refractivity contribution in [3.8, 4) is 22.4 Å². The lowest BCUT2D eigenvalue weighted by molar-refractivity contribution is 0.0932. The molecule has 0 bridgehead atoms. The van der Waals surface area contributed by atoms with Crippen LogP contribution in [0.15, 0.2) is 53.4 Å². The molecule has 0 aliphatic carbocycles. The van der Waals surface area contributed by atoms with E-state index in [-0.39, 0.29) is 5.91 Å². The van der Waals surface area contributed by atoms with Gasteiger partial charge in [0.05, 0.1) is 5.69 Å². The third-order valence-electron chi connectivity index (χ3n) is 4.78. The van der Waals surface area contributed by atoms with E-state index in [4.69, 9.17) is 4.52 Å². The maximum atomic E-state index is 13.1. The molecular formula is C23H22N6O2. The Labute approximate surface area is 179 Å². The summed E-state index contributed by atoms with van der Waals surface area (Å²) >= 11 is 0. The lowest BCUT2D eigenvalue weighted by Crippen LogP contribution is -2.27. The van der Waals surface area contributed by atoms with Crippen LogP contribution in [-0.2, 0) is 0 Å². The van der Waals surface area contributed by atoms with E-state index in [2.05, 4.69) is 30.4 Å². The topological polar surface area (TPSA) is 107 Å².